The number of fused-ring (bicyclic) bond motifs is 1. The van der Waals surface area contributed by atoms with E-state index in [1.165, 1.54) is 29.2 Å². The predicted octanol–water partition coefficient (Wildman–Crippen LogP) is 3.31. The molecule has 2 nitrogen and oxygen atoms in total. The maximum Gasteiger partial charge on any atom is 0.159 e. The Labute approximate surface area is 107 Å². The Hall–Kier alpha value is -1.57. The van der Waals surface area contributed by atoms with Crippen molar-refractivity contribution in [3.8, 4) is 0 Å². The lowest BCUT2D eigenvalue weighted by Gasteiger charge is -2.20. The topological polar surface area (TPSA) is 37.3 Å². The van der Waals surface area contributed by atoms with E-state index in [9.17, 15) is 9.90 Å². The van der Waals surface area contributed by atoms with Crippen LogP contribution in [-0.4, -0.2) is 10.9 Å². The lowest BCUT2D eigenvalue weighted by Crippen LogP contribution is -2.12. The van der Waals surface area contributed by atoms with Crippen molar-refractivity contribution in [2.45, 2.75) is 38.5 Å². The lowest BCUT2D eigenvalue weighted by molar-refractivity contribution is -0.115. The molecule has 1 aromatic rings. The zero-order valence-electron chi connectivity index (χ0n) is 10.6. The summed E-state index contributed by atoms with van der Waals surface area (Å²) in [6, 6.07) is 6.58. The van der Waals surface area contributed by atoms with Gasteiger partial charge in [-0.05, 0) is 41.4 Å². The molecule has 0 spiro atoms. The highest BCUT2D eigenvalue weighted by Crippen LogP contribution is 2.34. The van der Waals surface area contributed by atoms with Crippen molar-refractivity contribution in [3.63, 3.8) is 0 Å². The third kappa shape index (κ3) is 2.07. The first-order valence-corrected chi connectivity index (χ1v) is 6.66. The van der Waals surface area contributed by atoms with Crippen LogP contribution in [0.1, 0.15) is 42.4 Å². The van der Waals surface area contributed by atoms with Crippen molar-refractivity contribution in [2.24, 2.45) is 5.92 Å². The van der Waals surface area contributed by atoms with E-state index in [4.69, 9.17) is 0 Å². The zero-order chi connectivity index (χ0) is 12.7. The molecule has 2 unspecified atom stereocenters. The standard InChI is InChI=1S/C16H18O2/c1-10-4-11-2-3-12(6-13(11)5-10)14-7-15(17)9-16(18)8-14/h2-3,6,9-10,14,17H,4-5,7-8H2,1H3. The fraction of sp³-hybridized carbons (Fsp3) is 0.438. The molecule has 0 saturated heterocycles. The van der Waals surface area contributed by atoms with Crippen LogP contribution in [0.2, 0.25) is 0 Å². The summed E-state index contributed by atoms with van der Waals surface area (Å²) in [7, 11) is 0. The maximum absolute atomic E-state index is 11.5. The van der Waals surface area contributed by atoms with Crippen molar-refractivity contribution in [1.29, 1.82) is 0 Å². The third-order valence-electron chi connectivity index (χ3n) is 4.07. The second kappa shape index (κ2) is 4.27. The molecule has 0 aromatic heterocycles. The number of benzene rings is 1. The number of allylic oxidation sites excluding steroid dienone is 2. The van der Waals surface area contributed by atoms with Gasteiger partial charge in [-0.1, -0.05) is 25.1 Å². The van der Waals surface area contributed by atoms with Crippen LogP contribution in [-0.2, 0) is 17.6 Å². The number of rotatable bonds is 1. The Morgan fingerprint density at radius 3 is 2.67 bits per heavy atom. The minimum absolute atomic E-state index is 0.0395. The molecule has 2 aliphatic carbocycles. The molecular weight excluding hydrogens is 224 g/mol. The van der Waals surface area contributed by atoms with E-state index in [2.05, 4.69) is 25.1 Å². The summed E-state index contributed by atoms with van der Waals surface area (Å²) >= 11 is 0. The van der Waals surface area contributed by atoms with Crippen LogP contribution in [0.4, 0.5) is 0 Å². The van der Waals surface area contributed by atoms with Crippen LogP contribution >= 0.6 is 0 Å². The highest BCUT2D eigenvalue weighted by Gasteiger charge is 2.24. The average Bonchev–Trinajstić information content (AvgIpc) is 2.66. The molecule has 1 aromatic carbocycles. The number of carbonyl (C=O) groups is 1. The quantitative estimate of drug-likeness (QED) is 0.820. The number of aliphatic hydroxyl groups is 1. The molecule has 2 aliphatic rings. The minimum Gasteiger partial charge on any atom is -0.512 e. The van der Waals surface area contributed by atoms with E-state index < -0.39 is 0 Å². The van der Waals surface area contributed by atoms with Gasteiger partial charge >= 0.3 is 0 Å². The van der Waals surface area contributed by atoms with Crippen molar-refractivity contribution in [2.75, 3.05) is 0 Å². The number of ketones is 1. The number of hydrogen-bond donors (Lipinski definition) is 1. The van der Waals surface area contributed by atoms with Crippen LogP contribution in [0.15, 0.2) is 30.0 Å². The summed E-state index contributed by atoms with van der Waals surface area (Å²) in [6.07, 6.45) is 4.81. The van der Waals surface area contributed by atoms with Crippen molar-refractivity contribution in [3.05, 3.63) is 46.7 Å². The van der Waals surface area contributed by atoms with E-state index in [0.717, 1.165) is 12.3 Å². The highest BCUT2D eigenvalue weighted by molar-refractivity contribution is 5.91. The summed E-state index contributed by atoms with van der Waals surface area (Å²) in [5.74, 6) is 1.16. The molecule has 3 rings (SSSR count). The summed E-state index contributed by atoms with van der Waals surface area (Å²) < 4.78 is 0. The lowest BCUT2D eigenvalue weighted by atomic mass is 9.85. The summed E-state index contributed by atoms with van der Waals surface area (Å²) in [5, 5.41) is 9.59. The Kier molecular flexibility index (Phi) is 2.73. The fourth-order valence-corrected chi connectivity index (χ4v) is 3.22. The molecule has 0 aliphatic heterocycles. The van der Waals surface area contributed by atoms with E-state index in [1.54, 1.807) is 0 Å². The van der Waals surface area contributed by atoms with Crippen LogP contribution in [0, 0.1) is 5.92 Å². The second-order valence-electron chi connectivity index (χ2n) is 5.75. The normalized spacial score (nSPS) is 26.9. The molecule has 18 heavy (non-hydrogen) atoms. The molecular formula is C16H18O2. The van der Waals surface area contributed by atoms with Gasteiger partial charge in [0.25, 0.3) is 0 Å². The Balaban J connectivity index is 1.88. The van der Waals surface area contributed by atoms with Crippen LogP contribution in [0.25, 0.3) is 0 Å². The SMILES string of the molecule is CC1Cc2ccc(C3CC(=O)C=C(O)C3)cc2C1. The van der Waals surface area contributed by atoms with Gasteiger partial charge in [-0.25, -0.2) is 0 Å². The first kappa shape index (κ1) is 11.5. The first-order chi connectivity index (χ1) is 8.61. The first-order valence-electron chi connectivity index (χ1n) is 6.66. The second-order valence-corrected chi connectivity index (χ2v) is 5.75. The molecule has 0 amide bonds. The van der Waals surface area contributed by atoms with Crippen molar-refractivity contribution in [1.82, 2.24) is 0 Å². The number of carbonyl (C=O) groups excluding carboxylic acids is 1. The Morgan fingerprint density at radius 2 is 1.89 bits per heavy atom. The van der Waals surface area contributed by atoms with E-state index >= 15 is 0 Å². The maximum atomic E-state index is 11.5. The molecule has 1 N–H and O–H groups in total. The monoisotopic (exact) mass is 242 g/mol. The third-order valence-corrected chi connectivity index (χ3v) is 4.07. The van der Waals surface area contributed by atoms with Gasteiger partial charge in [-0.15, -0.1) is 0 Å². The molecule has 2 heteroatoms. The van der Waals surface area contributed by atoms with Crippen molar-refractivity contribution < 1.29 is 9.90 Å². The van der Waals surface area contributed by atoms with E-state index in [1.807, 2.05) is 0 Å². The van der Waals surface area contributed by atoms with Crippen LogP contribution < -0.4 is 0 Å². The molecule has 0 radical (unpaired) electrons. The molecule has 0 saturated carbocycles. The Morgan fingerprint density at radius 1 is 1.11 bits per heavy atom. The molecule has 0 fully saturated rings. The van der Waals surface area contributed by atoms with Gasteiger partial charge in [-0.2, -0.15) is 0 Å². The molecule has 94 valence electrons. The van der Waals surface area contributed by atoms with Crippen LogP contribution in [0.5, 0.6) is 0 Å². The van der Waals surface area contributed by atoms with Gasteiger partial charge in [-0.3, -0.25) is 4.79 Å². The highest BCUT2D eigenvalue weighted by atomic mass is 16.3. The van der Waals surface area contributed by atoms with Gasteiger partial charge in [0.15, 0.2) is 5.78 Å². The zero-order valence-corrected chi connectivity index (χ0v) is 10.6. The minimum atomic E-state index is 0.0395. The van der Waals surface area contributed by atoms with Gasteiger partial charge in [0.05, 0.1) is 5.76 Å². The van der Waals surface area contributed by atoms with Gasteiger partial charge in [0.1, 0.15) is 0 Å². The fourth-order valence-electron chi connectivity index (χ4n) is 3.22. The molecule has 2 atom stereocenters. The average molecular weight is 242 g/mol. The number of hydrogen-bond acceptors (Lipinski definition) is 2. The number of aliphatic hydroxyl groups excluding tert-OH is 1. The van der Waals surface area contributed by atoms with Crippen LogP contribution in [0.3, 0.4) is 0 Å². The van der Waals surface area contributed by atoms with Gasteiger partial charge in [0, 0.05) is 18.9 Å². The van der Waals surface area contributed by atoms with E-state index in [-0.39, 0.29) is 17.5 Å². The van der Waals surface area contributed by atoms with Gasteiger partial charge < -0.3 is 5.11 Å². The van der Waals surface area contributed by atoms with Gasteiger partial charge in [0.2, 0.25) is 0 Å². The summed E-state index contributed by atoms with van der Waals surface area (Å²) in [5.41, 5.74) is 4.09. The summed E-state index contributed by atoms with van der Waals surface area (Å²) in [4.78, 5) is 11.5. The van der Waals surface area contributed by atoms with Crippen molar-refractivity contribution >= 4 is 5.78 Å². The summed E-state index contributed by atoms with van der Waals surface area (Å²) in [6.45, 7) is 2.28. The predicted molar refractivity (Wildman–Crippen MR) is 70.7 cm³/mol. The molecule has 0 bridgehead atoms. The molecule has 0 heterocycles. The Bertz CT molecular complexity index is 528. The largest absolute Gasteiger partial charge is 0.512 e. The van der Waals surface area contributed by atoms with E-state index in [0.29, 0.717) is 12.8 Å². The smallest absolute Gasteiger partial charge is 0.159 e.